The Hall–Kier alpha value is -4.66. The van der Waals surface area contributed by atoms with E-state index in [0.29, 0.717) is 21.4 Å². The number of aryl methyl sites for hydroxylation is 1. The van der Waals surface area contributed by atoms with Gasteiger partial charge in [0.05, 0.1) is 16.9 Å². The molecule has 1 saturated heterocycles. The maximum absolute atomic E-state index is 13.4. The Kier molecular flexibility index (Phi) is 10.0. The predicted octanol–water partition coefficient (Wildman–Crippen LogP) is 4.06. The van der Waals surface area contributed by atoms with Gasteiger partial charge in [-0.15, -0.1) is 11.3 Å². The highest BCUT2D eigenvalue weighted by atomic mass is 32.1. The number of aromatic nitrogens is 4. The van der Waals surface area contributed by atoms with Gasteiger partial charge < -0.3 is 21.1 Å². The number of aliphatic hydroxyl groups excluding tert-OH is 1. The zero-order valence-corrected chi connectivity index (χ0v) is 28.0. The lowest BCUT2D eigenvalue weighted by molar-refractivity contribution is -0.0418. The van der Waals surface area contributed by atoms with Gasteiger partial charge in [0.25, 0.3) is 11.5 Å². The molecule has 13 nitrogen and oxygen atoms in total. The van der Waals surface area contributed by atoms with Crippen LogP contribution in [0.5, 0.6) is 0 Å². The first kappa shape index (κ1) is 33.7. The van der Waals surface area contributed by atoms with Crippen LogP contribution in [0.25, 0.3) is 16.1 Å². The summed E-state index contributed by atoms with van der Waals surface area (Å²) in [6.07, 6.45) is 4.92. The highest BCUT2D eigenvalue weighted by Gasteiger charge is 2.28. The Labute approximate surface area is 276 Å². The smallest absolute Gasteiger partial charge is 0.336 e. The van der Waals surface area contributed by atoms with Crippen molar-refractivity contribution in [3.8, 4) is 16.1 Å². The van der Waals surface area contributed by atoms with E-state index in [-0.39, 0.29) is 29.3 Å². The molecule has 1 aromatic carbocycles. The normalized spacial score (nSPS) is 15.4. The average Bonchev–Trinajstić information content (AvgIpc) is 3.68. The molecular weight excluding hydrogens is 618 g/mol. The van der Waals surface area contributed by atoms with Crippen molar-refractivity contribution in [2.45, 2.75) is 65.6 Å². The molecule has 0 bridgehead atoms. The monoisotopic (exact) mass is 659 g/mol. The number of nitrogens with one attached hydrogen (secondary N) is 3. The number of nitrogens with two attached hydrogens (primary N) is 1. The minimum atomic E-state index is -0.723. The van der Waals surface area contributed by atoms with E-state index >= 15 is 0 Å². The van der Waals surface area contributed by atoms with Gasteiger partial charge in [0.1, 0.15) is 29.0 Å². The SMILES string of the molecule is Cc1ncc(-n2c(=O)c(C(=O)Nc3ccc(-c4cc(C5CCN(C(O)C(C)C)CC5)[nH]c4/C(N)=N\C=N)cc3)cn(C(C)C)c2=O)s1. The van der Waals surface area contributed by atoms with Crippen LogP contribution in [0.3, 0.4) is 0 Å². The number of piperidine rings is 1. The van der Waals surface area contributed by atoms with Crippen molar-refractivity contribution in [2.75, 3.05) is 18.4 Å². The maximum atomic E-state index is 13.4. The molecule has 1 fully saturated rings. The summed E-state index contributed by atoms with van der Waals surface area (Å²) in [6, 6.07) is 8.87. The predicted molar refractivity (Wildman–Crippen MR) is 185 cm³/mol. The molecule has 1 amide bonds. The fourth-order valence-electron chi connectivity index (χ4n) is 5.83. The van der Waals surface area contributed by atoms with E-state index in [4.69, 9.17) is 11.1 Å². The van der Waals surface area contributed by atoms with Gasteiger partial charge in [0, 0.05) is 48.2 Å². The first-order valence-electron chi connectivity index (χ1n) is 15.6. The van der Waals surface area contributed by atoms with Crippen LogP contribution in [0.4, 0.5) is 5.69 Å². The van der Waals surface area contributed by atoms with Crippen molar-refractivity contribution in [1.82, 2.24) is 24.0 Å². The van der Waals surface area contributed by atoms with Gasteiger partial charge in [-0.1, -0.05) is 26.0 Å². The second kappa shape index (κ2) is 14.0. The molecule has 0 radical (unpaired) electrons. The van der Waals surface area contributed by atoms with Gasteiger partial charge in [-0.2, -0.15) is 0 Å². The van der Waals surface area contributed by atoms with E-state index in [0.717, 1.165) is 53.7 Å². The number of nitrogens with zero attached hydrogens (tertiary/aromatic N) is 5. The van der Waals surface area contributed by atoms with Crippen molar-refractivity contribution in [1.29, 1.82) is 5.41 Å². The standard InChI is InChI=1S/C33H41N9O4S/c1-18(2)31(44)40-12-10-22(11-13-40)26-14-24(28(39-26)29(35)37-17-34)21-6-8-23(9-7-21)38-30(43)25-16-41(19(3)4)33(46)42(32(25)45)27-15-36-20(5)47-27/h6-9,14-19,22,31,39,44H,10-13H2,1-5H3,(H,38,43)(H3,34,35,37). The summed E-state index contributed by atoms with van der Waals surface area (Å²) >= 11 is 1.19. The van der Waals surface area contributed by atoms with Crippen molar-refractivity contribution in [3.63, 3.8) is 0 Å². The molecule has 1 atom stereocenters. The molecule has 248 valence electrons. The van der Waals surface area contributed by atoms with Gasteiger partial charge in [0.2, 0.25) is 0 Å². The van der Waals surface area contributed by atoms with Crippen LogP contribution >= 0.6 is 11.3 Å². The summed E-state index contributed by atoms with van der Waals surface area (Å²) in [5.74, 6) is -0.0785. The number of aliphatic hydroxyl groups is 1. The third kappa shape index (κ3) is 7.04. The number of hydrogen-bond donors (Lipinski definition) is 5. The molecule has 47 heavy (non-hydrogen) atoms. The second-order valence-electron chi connectivity index (χ2n) is 12.3. The minimum Gasteiger partial charge on any atom is -0.382 e. The molecule has 4 aromatic rings. The number of benzene rings is 1. The van der Waals surface area contributed by atoms with Gasteiger partial charge in [0.15, 0.2) is 0 Å². The molecule has 1 unspecified atom stereocenters. The van der Waals surface area contributed by atoms with Crippen molar-refractivity contribution in [2.24, 2.45) is 16.6 Å². The van der Waals surface area contributed by atoms with Crippen LogP contribution in [0, 0.1) is 18.3 Å². The van der Waals surface area contributed by atoms with Gasteiger partial charge in [-0.25, -0.2) is 19.3 Å². The molecule has 3 aromatic heterocycles. The molecule has 1 aliphatic rings. The lowest BCUT2D eigenvalue weighted by atomic mass is 9.92. The number of aliphatic imine (C=N–C) groups is 1. The number of hydrogen-bond acceptors (Lipinski definition) is 8. The number of rotatable bonds is 10. The number of aromatic amines is 1. The number of likely N-dealkylation sites (tertiary alicyclic amines) is 1. The van der Waals surface area contributed by atoms with Crippen molar-refractivity contribution < 1.29 is 9.90 Å². The van der Waals surface area contributed by atoms with E-state index in [2.05, 4.69) is 25.2 Å². The zero-order chi connectivity index (χ0) is 34.0. The fraction of sp³-hybridized carbons (Fsp3) is 0.394. The summed E-state index contributed by atoms with van der Waals surface area (Å²) in [4.78, 5) is 53.7. The Balaban J connectivity index is 1.41. The van der Waals surface area contributed by atoms with Crippen LogP contribution in [0.15, 0.2) is 57.3 Å². The van der Waals surface area contributed by atoms with Gasteiger partial charge in [-0.05, 0) is 63.3 Å². The molecular formula is C33H41N9O4S. The van der Waals surface area contributed by atoms with E-state index < -0.39 is 23.4 Å². The largest absolute Gasteiger partial charge is 0.382 e. The number of anilines is 1. The Morgan fingerprint density at radius 2 is 1.87 bits per heavy atom. The Morgan fingerprint density at radius 1 is 1.19 bits per heavy atom. The number of amides is 1. The third-order valence-electron chi connectivity index (χ3n) is 8.44. The van der Waals surface area contributed by atoms with Crippen molar-refractivity contribution >= 4 is 35.1 Å². The average molecular weight is 660 g/mol. The highest BCUT2D eigenvalue weighted by molar-refractivity contribution is 7.14. The molecule has 5 rings (SSSR count). The quantitative estimate of drug-likeness (QED) is 0.125. The summed E-state index contributed by atoms with van der Waals surface area (Å²) in [5.41, 5.74) is 8.50. The summed E-state index contributed by atoms with van der Waals surface area (Å²) in [5, 5.41) is 21.8. The van der Waals surface area contributed by atoms with Crippen LogP contribution in [0.2, 0.25) is 0 Å². The van der Waals surface area contributed by atoms with Gasteiger partial charge in [-0.3, -0.25) is 24.5 Å². The molecule has 0 saturated carbocycles. The topological polar surface area (TPSA) is 187 Å². The molecule has 1 aliphatic heterocycles. The zero-order valence-electron chi connectivity index (χ0n) is 27.2. The minimum absolute atomic E-state index is 0.154. The lowest BCUT2D eigenvalue weighted by Crippen LogP contribution is -2.43. The van der Waals surface area contributed by atoms with Crippen LogP contribution in [0.1, 0.15) is 79.2 Å². The molecule has 0 spiro atoms. The maximum Gasteiger partial charge on any atom is 0.336 e. The third-order valence-corrected chi connectivity index (χ3v) is 9.33. The van der Waals surface area contributed by atoms with Crippen LogP contribution in [-0.2, 0) is 0 Å². The molecule has 14 heteroatoms. The Bertz CT molecular complexity index is 1910. The summed E-state index contributed by atoms with van der Waals surface area (Å²) in [7, 11) is 0. The first-order valence-corrected chi connectivity index (χ1v) is 16.4. The number of H-pyrrole nitrogens is 1. The second-order valence-corrected chi connectivity index (χ2v) is 13.6. The fourth-order valence-corrected chi connectivity index (χ4v) is 6.60. The number of amidine groups is 1. The lowest BCUT2D eigenvalue weighted by Gasteiger charge is -2.36. The number of thiazole rings is 1. The van der Waals surface area contributed by atoms with E-state index in [1.807, 2.05) is 32.0 Å². The van der Waals surface area contributed by atoms with E-state index in [1.54, 1.807) is 32.9 Å². The highest BCUT2D eigenvalue weighted by Crippen LogP contribution is 2.34. The van der Waals surface area contributed by atoms with Crippen LogP contribution in [-0.4, -0.2) is 66.5 Å². The van der Waals surface area contributed by atoms with Gasteiger partial charge >= 0.3 is 5.69 Å². The Morgan fingerprint density at radius 3 is 2.45 bits per heavy atom. The first-order chi connectivity index (χ1) is 22.4. The number of carbonyl (C=O) groups excluding carboxylic acids is 1. The van der Waals surface area contributed by atoms with Crippen LogP contribution < -0.4 is 22.3 Å². The molecule has 4 heterocycles. The summed E-state index contributed by atoms with van der Waals surface area (Å²) in [6.45, 7) is 10.9. The molecule has 6 N–H and O–H groups in total. The number of carbonyl (C=O) groups is 1. The molecule has 0 aliphatic carbocycles. The van der Waals surface area contributed by atoms with Crippen molar-refractivity contribution in [3.05, 3.63) is 85.5 Å². The summed E-state index contributed by atoms with van der Waals surface area (Å²) < 4.78 is 2.35. The van der Waals surface area contributed by atoms with E-state index in [9.17, 15) is 19.5 Å². The van der Waals surface area contributed by atoms with E-state index in [1.165, 1.54) is 28.3 Å².